The Morgan fingerprint density at radius 3 is 2.65 bits per heavy atom. The Kier molecular flexibility index (Phi) is 5.78. The van der Waals surface area contributed by atoms with Gasteiger partial charge in [-0.15, -0.1) is 11.3 Å². The molecule has 2 unspecified atom stereocenters. The molecule has 4 nitrogen and oxygen atoms in total. The molecule has 0 spiro atoms. The Morgan fingerprint density at radius 1 is 1.26 bits per heavy atom. The van der Waals surface area contributed by atoms with Gasteiger partial charge in [-0.3, -0.25) is 4.90 Å². The summed E-state index contributed by atoms with van der Waals surface area (Å²) >= 11 is 1.77. The molecule has 1 saturated heterocycles. The molecule has 1 N–H and O–H groups in total. The van der Waals surface area contributed by atoms with Crippen molar-refractivity contribution >= 4 is 11.3 Å². The number of thiazole rings is 1. The minimum atomic E-state index is 0.327. The maximum atomic E-state index is 5.51. The molecule has 2 heterocycles. The number of benzene rings is 1. The lowest BCUT2D eigenvalue weighted by Gasteiger charge is -2.35. The van der Waals surface area contributed by atoms with Crippen molar-refractivity contribution in [2.75, 3.05) is 32.8 Å². The van der Waals surface area contributed by atoms with E-state index in [2.05, 4.69) is 59.4 Å². The van der Waals surface area contributed by atoms with Crippen LogP contribution >= 0.6 is 11.3 Å². The number of morpholine rings is 1. The Bertz CT molecular complexity index is 595. The highest BCUT2D eigenvalue weighted by Crippen LogP contribution is 2.24. The molecule has 1 aliphatic rings. The number of hydrogen-bond donors (Lipinski definition) is 1. The van der Waals surface area contributed by atoms with Gasteiger partial charge in [0.2, 0.25) is 0 Å². The molecule has 1 fully saturated rings. The zero-order chi connectivity index (χ0) is 16.1. The molecule has 0 aliphatic carbocycles. The minimum Gasteiger partial charge on any atom is -0.379 e. The summed E-state index contributed by atoms with van der Waals surface area (Å²) in [6, 6.07) is 11.5. The van der Waals surface area contributed by atoms with Crippen molar-refractivity contribution < 1.29 is 4.74 Å². The Balaban J connectivity index is 1.68. The molecule has 3 rings (SSSR count). The van der Waals surface area contributed by atoms with Crippen LogP contribution in [-0.4, -0.2) is 42.7 Å². The summed E-state index contributed by atoms with van der Waals surface area (Å²) in [5, 5.41) is 4.82. The van der Waals surface area contributed by atoms with Crippen LogP contribution in [0.5, 0.6) is 0 Å². The SMILES string of the molecule is Cc1ncc(C(C)NCC(c2ccccc2)N2CCOCC2)s1. The van der Waals surface area contributed by atoms with E-state index in [1.165, 1.54) is 10.4 Å². The second kappa shape index (κ2) is 8.02. The largest absolute Gasteiger partial charge is 0.379 e. The van der Waals surface area contributed by atoms with Crippen molar-refractivity contribution in [2.45, 2.75) is 25.9 Å². The number of nitrogens with zero attached hydrogens (tertiary/aromatic N) is 2. The summed E-state index contributed by atoms with van der Waals surface area (Å²) in [6.45, 7) is 8.85. The predicted octanol–water partition coefficient (Wildman–Crippen LogP) is 3.18. The quantitative estimate of drug-likeness (QED) is 0.882. The van der Waals surface area contributed by atoms with Crippen LogP contribution in [0.25, 0.3) is 0 Å². The van der Waals surface area contributed by atoms with Gasteiger partial charge >= 0.3 is 0 Å². The second-order valence-electron chi connectivity index (χ2n) is 5.99. The van der Waals surface area contributed by atoms with Gasteiger partial charge in [-0.05, 0) is 19.4 Å². The molecular weight excluding hydrogens is 306 g/mol. The fourth-order valence-electron chi connectivity index (χ4n) is 2.99. The van der Waals surface area contributed by atoms with Gasteiger partial charge in [0.25, 0.3) is 0 Å². The van der Waals surface area contributed by atoms with Crippen LogP contribution < -0.4 is 5.32 Å². The van der Waals surface area contributed by atoms with Crippen LogP contribution in [0.1, 0.15) is 34.5 Å². The molecule has 1 aromatic carbocycles. The third-order valence-corrected chi connectivity index (χ3v) is 5.45. The lowest BCUT2D eigenvalue weighted by atomic mass is 10.0. The highest BCUT2D eigenvalue weighted by molar-refractivity contribution is 7.11. The van der Waals surface area contributed by atoms with Crippen molar-refractivity contribution in [1.82, 2.24) is 15.2 Å². The molecule has 0 bridgehead atoms. The number of rotatable bonds is 6. The average Bonchev–Trinajstić information content (AvgIpc) is 3.03. The summed E-state index contributed by atoms with van der Waals surface area (Å²) in [7, 11) is 0. The summed E-state index contributed by atoms with van der Waals surface area (Å²) in [6.07, 6.45) is 1.99. The Morgan fingerprint density at radius 2 is 2.00 bits per heavy atom. The summed E-state index contributed by atoms with van der Waals surface area (Å²) < 4.78 is 5.51. The minimum absolute atomic E-state index is 0.327. The fraction of sp³-hybridized carbons (Fsp3) is 0.500. The van der Waals surface area contributed by atoms with Gasteiger partial charge in [0, 0.05) is 42.8 Å². The first kappa shape index (κ1) is 16.6. The van der Waals surface area contributed by atoms with E-state index in [1.54, 1.807) is 11.3 Å². The van der Waals surface area contributed by atoms with Crippen LogP contribution in [0.3, 0.4) is 0 Å². The van der Waals surface area contributed by atoms with E-state index in [9.17, 15) is 0 Å². The fourth-order valence-corrected chi connectivity index (χ4v) is 3.80. The normalized spacial score (nSPS) is 18.7. The molecule has 0 saturated carbocycles. The van der Waals surface area contributed by atoms with Gasteiger partial charge in [-0.1, -0.05) is 30.3 Å². The van der Waals surface area contributed by atoms with E-state index in [-0.39, 0.29) is 0 Å². The van der Waals surface area contributed by atoms with Gasteiger partial charge in [0.15, 0.2) is 0 Å². The maximum Gasteiger partial charge on any atom is 0.0897 e. The van der Waals surface area contributed by atoms with Crippen LogP contribution in [-0.2, 0) is 4.74 Å². The predicted molar refractivity (Wildman–Crippen MR) is 94.8 cm³/mol. The number of aromatic nitrogens is 1. The lowest BCUT2D eigenvalue weighted by Crippen LogP contribution is -2.43. The Hall–Kier alpha value is -1.27. The Labute approximate surface area is 142 Å². The van der Waals surface area contributed by atoms with E-state index >= 15 is 0 Å². The topological polar surface area (TPSA) is 37.4 Å². The van der Waals surface area contributed by atoms with Crippen LogP contribution in [0.4, 0.5) is 0 Å². The number of nitrogens with one attached hydrogen (secondary N) is 1. The number of ether oxygens (including phenoxy) is 1. The van der Waals surface area contributed by atoms with Gasteiger partial charge in [0.05, 0.1) is 18.2 Å². The highest BCUT2D eigenvalue weighted by Gasteiger charge is 2.23. The zero-order valence-electron chi connectivity index (χ0n) is 13.9. The first-order valence-electron chi connectivity index (χ1n) is 8.26. The molecule has 2 atom stereocenters. The van der Waals surface area contributed by atoms with Crippen molar-refractivity contribution in [3.63, 3.8) is 0 Å². The van der Waals surface area contributed by atoms with Crippen molar-refractivity contribution in [1.29, 1.82) is 0 Å². The van der Waals surface area contributed by atoms with E-state index in [0.29, 0.717) is 12.1 Å². The smallest absolute Gasteiger partial charge is 0.0897 e. The molecule has 23 heavy (non-hydrogen) atoms. The zero-order valence-corrected chi connectivity index (χ0v) is 14.7. The standard InChI is InChI=1S/C18H25N3OS/c1-14(18-13-20-15(2)23-18)19-12-17(16-6-4-3-5-7-16)21-8-10-22-11-9-21/h3-7,13-14,17,19H,8-12H2,1-2H3. The summed E-state index contributed by atoms with van der Waals surface area (Å²) in [5.41, 5.74) is 1.37. The van der Waals surface area contributed by atoms with Crippen LogP contribution in [0.15, 0.2) is 36.5 Å². The molecule has 1 aliphatic heterocycles. The van der Waals surface area contributed by atoms with E-state index in [1.807, 2.05) is 6.20 Å². The van der Waals surface area contributed by atoms with Gasteiger partial charge in [-0.25, -0.2) is 4.98 Å². The first-order chi connectivity index (χ1) is 11.2. The van der Waals surface area contributed by atoms with Gasteiger partial charge in [0.1, 0.15) is 0 Å². The number of aryl methyl sites for hydroxylation is 1. The van der Waals surface area contributed by atoms with Crippen molar-refractivity contribution in [3.05, 3.63) is 52.0 Å². The molecule has 1 aromatic heterocycles. The lowest BCUT2D eigenvalue weighted by molar-refractivity contribution is 0.0157. The molecule has 124 valence electrons. The third-order valence-electron chi connectivity index (χ3n) is 4.35. The van der Waals surface area contributed by atoms with Crippen molar-refractivity contribution in [2.24, 2.45) is 0 Å². The average molecular weight is 331 g/mol. The first-order valence-corrected chi connectivity index (χ1v) is 9.08. The third kappa shape index (κ3) is 4.38. The van der Waals surface area contributed by atoms with Gasteiger partial charge < -0.3 is 10.1 Å². The summed E-state index contributed by atoms with van der Waals surface area (Å²) in [4.78, 5) is 8.19. The van der Waals surface area contributed by atoms with Crippen molar-refractivity contribution in [3.8, 4) is 0 Å². The van der Waals surface area contributed by atoms with E-state index in [0.717, 1.165) is 37.9 Å². The molecule has 2 aromatic rings. The molecular formula is C18H25N3OS. The second-order valence-corrected chi connectivity index (χ2v) is 7.25. The number of hydrogen-bond acceptors (Lipinski definition) is 5. The molecule has 5 heteroatoms. The van der Waals surface area contributed by atoms with Crippen LogP contribution in [0.2, 0.25) is 0 Å². The molecule has 0 radical (unpaired) electrons. The monoisotopic (exact) mass is 331 g/mol. The van der Waals surface area contributed by atoms with Gasteiger partial charge in [-0.2, -0.15) is 0 Å². The van der Waals surface area contributed by atoms with E-state index < -0.39 is 0 Å². The maximum absolute atomic E-state index is 5.51. The summed E-state index contributed by atoms with van der Waals surface area (Å²) in [5.74, 6) is 0. The van der Waals surface area contributed by atoms with Crippen LogP contribution in [0, 0.1) is 6.92 Å². The van der Waals surface area contributed by atoms with E-state index in [4.69, 9.17) is 4.74 Å². The molecule has 0 amide bonds. The highest BCUT2D eigenvalue weighted by atomic mass is 32.1.